The second-order valence-corrected chi connectivity index (χ2v) is 19.7. The summed E-state index contributed by atoms with van der Waals surface area (Å²) in [6, 6.07) is 28.9. The van der Waals surface area contributed by atoms with E-state index in [2.05, 4.69) is 212 Å². The maximum atomic E-state index is 2.67. The molecule has 4 heteroatoms. The molecule has 0 fully saturated rings. The Morgan fingerprint density at radius 1 is 0.312 bits per heavy atom. The van der Waals surface area contributed by atoms with Gasteiger partial charge in [0.2, 0.25) is 0 Å². The Bertz CT molecular complexity index is 2960. The minimum absolute atomic E-state index is 0.0198. The molecule has 7 aromatic rings. The van der Waals surface area contributed by atoms with Crippen molar-refractivity contribution in [1.29, 1.82) is 0 Å². The van der Waals surface area contributed by atoms with Crippen molar-refractivity contribution >= 4 is 74.3 Å². The van der Waals surface area contributed by atoms with Gasteiger partial charge in [0.15, 0.2) is 0 Å². The zero-order valence-corrected chi connectivity index (χ0v) is 41.8. The average Bonchev–Trinajstić information content (AvgIpc) is 3.26. The molecular formula is C60H66BN3. The SMILES string of the molecule is Cc1ccc(N(c2cc3c4c(c2)N(c2ccc(C)c(C)c2C)c2c(cc(C)c(C)c2C)B4c2cc(C)c(C)c(C)c2N3c2ccc(C)c(C)c2C)c2ccc(C)c(C)c2C)c(C)c1C. The van der Waals surface area contributed by atoms with Crippen LogP contribution in [0, 0.1) is 125 Å². The summed E-state index contributed by atoms with van der Waals surface area (Å²) in [5, 5.41) is 0. The van der Waals surface area contributed by atoms with E-state index in [1.807, 2.05) is 0 Å². The summed E-state index contributed by atoms with van der Waals surface area (Å²) in [5.74, 6) is 0. The summed E-state index contributed by atoms with van der Waals surface area (Å²) >= 11 is 0. The van der Waals surface area contributed by atoms with Crippen LogP contribution >= 0.6 is 0 Å². The molecule has 0 saturated heterocycles. The van der Waals surface area contributed by atoms with Gasteiger partial charge in [-0.05, 0) is 278 Å². The quantitative estimate of drug-likeness (QED) is 0.160. The minimum Gasteiger partial charge on any atom is -0.311 e. The summed E-state index contributed by atoms with van der Waals surface area (Å²) in [4.78, 5) is 7.92. The zero-order chi connectivity index (χ0) is 46.1. The molecule has 0 bridgehead atoms. The highest BCUT2D eigenvalue weighted by Crippen LogP contribution is 2.52. The highest BCUT2D eigenvalue weighted by molar-refractivity contribution is 7.00. The van der Waals surface area contributed by atoms with Crippen LogP contribution in [0.15, 0.2) is 72.8 Å². The predicted molar refractivity (Wildman–Crippen MR) is 280 cm³/mol. The van der Waals surface area contributed by atoms with Crippen LogP contribution in [0.3, 0.4) is 0 Å². The number of nitrogens with zero attached hydrogens (tertiary/aromatic N) is 3. The molecule has 3 nitrogen and oxygen atoms in total. The van der Waals surface area contributed by atoms with Gasteiger partial charge in [-0.3, -0.25) is 0 Å². The third-order valence-electron chi connectivity index (χ3n) is 16.6. The Morgan fingerprint density at radius 3 is 1.02 bits per heavy atom. The Kier molecular flexibility index (Phi) is 10.4. The first-order valence-corrected chi connectivity index (χ1v) is 23.3. The van der Waals surface area contributed by atoms with Gasteiger partial charge in [-0.25, -0.2) is 0 Å². The summed E-state index contributed by atoms with van der Waals surface area (Å²) in [6.45, 7) is 41.4. The maximum Gasteiger partial charge on any atom is 0.252 e. The summed E-state index contributed by atoms with van der Waals surface area (Å²) in [7, 11) is 0. The fourth-order valence-corrected chi connectivity index (χ4v) is 11.0. The molecular weight excluding hydrogens is 773 g/mol. The molecule has 2 aliphatic heterocycles. The number of benzene rings is 7. The number of hydrogen-bond acceptors (Lipinski definition) is 3. The molecule has 0 aliphatic carbocycles. The van der Waals surface area contributed by atoms with Crippen LogP contribution in [-0.2, 0) is 0 Å². The number of anilines is 9. The average molecular weight is 840 g/mol. The van der Waals surface area contributed by atoms with E-state index < -0.39 is 0 Å². The second-order valence-electron chi connectivity index (χ2n) is 19.7. The lowest BCUT2D eigenvalue weighted by Gasteiger charge is -2.47. The molecule has 0 spiro atoms. The number of fused-ring (bicyclic) bond motifs is 4. The first-order valence-electron chi connectivity index (χ1n) is 23.3. The van der Waals surface area contributed by atoms with Crippen molar-refractivity contribution in [3.05, 3.63) is 173 Å². The van der Waals surface area contributed by atoms with Gasteiger partial charge in [-0.15, -0.1) is 0 Å². The first kappa shape index (κ1) is 43.3. The number of hydrogen-bond donors (Lipinski definition) is 0. The van der Waals surface area contributed by atoms with Gasteiger partial charge in [0.25, 0.3) is 6.71 Å². The summed E-state index contributed by atoms with van der Waals surface area (Å²) in [5.41, 5.74) is 39.1. The third-order valence-corrected chi connectivity index (χ3v) is 16.6. The van der Waals surface area contributed by atoms with E-state index >= 15 is 0 Å². The molecule has 324 valence electrons. The van der Waals surface area contributed by atoms with Crippen molar-refractivity contribution in [3.8, 4) is 0 Å². The lowest BCUT2D eigenvalue weighted by molar-refractivity contribution is 1.14. The molecule has 9 rings (SSSR count). The Morgan fingerprint density at radius 2 is 0.641 bits per heavy atom. The topological polar surface area (TPSA) is 9.72 Å². The summed E-state index contributed by atoms with van der Waals surface area (Å²) in [6.07, 6.45) is 0. The Hall–Kier alpha value is -6.00. The van der Waals surface area contributed by atoms with Gasteiger partial charge < -0.3 is 14.7 Å². The van der Waals surface area contributed by atoms with Gasteiger partial charge in [0.05, 0.1) is 5.69 Å². The monoisotopic (exact) mass is 840 g/mol. The van der Waals surface area contributed by atoms with Crippen LogP contribution in [0.4, 0.5) is 51.2 Å². The van der Waals surface area contributed by atoms with Crippen molar-refractivity contribution in [1.82, 2.24) is 0 Å². The first-order chi connectivity index (χ1) is 30.3. The standard InChI is InChI=1S/C60H66BN3/c1-31-19-23-52(43(13)37(31)7)62(53-24-20-32(2)38(8)44(53)14)49-29-56-58-57(30-49)64(55-26-22-34(4)40(10)46(55)16)60-48(18)42(12)36(6)28-51(60)61(58)50-27-35(5)41(11)47(17)59(50)63(56)54-25-21-33(3)39(9)45(54)15/h19-30H,1-18H3. The molecule has 0 N–H and O–H groups in total. The molecule has 2 aliphatic rings. The zero-order valence-electron chi connectivity index (χ0n) is 41.8. The smallest absolute Gasteiger partial charge is 0.252 e. The minimum atomic E-state index is 0.0198. The van der Waals surface area contributed by atoms with Crippen LogP contribution in [0.5, 0.6) is 0 Å². The number of aryl methyl sites for hydroxylation is 6. The highest BCUT2D eigenvalue weighted by atomic mass is 15.2. The van der Waals surface area contributed by atoms with Gasteiger partial charge in [0.1, 0.15) is 0 Å². The van der Waals surface area contributed by atoms with Crippen LogP contribution in [-0.4, -0.2) is 6.71 Å². The van der Waals surface area contributed by atoms with Gasteiger partial charge in [-0.2, -0.15) is 0 Å². The molecule has 2 heterocycles. The Balaban J connectivity index is 1.54. The van der Waals surface area contributed by atoms with E-state index in [4.69, 9.17) is 0 Å². The summed E-state index contributed by atoms with van der Waals surface area (Å²) < 4.78 is 0. The van der Waals surface area contributed by atoms with Crippen molar-refractivity contribution in [2.45, 2.75) is 125 Å². The second kappa shape index (κ2) is 15.3. The van der Waals surface area contributed by atoms with Crippen LogP contribution in [0.25, 0.3) is 0 Å². The fraction of sp³-hybridized carbons (Fsp3) is 0.300. The van der Waals surface area contributed by atoms with Crippen molar-refractivity contribution in [2.75, 3.05) is 14.7 Å². The number of rotatable bonds is 5. The predicted octanol–water partition coefficient (Wildman–Crippen LogP) is 14.8. The molecule has 0 radical (unpaired) electrons. The fourth-order valence-electron chi connectivity index (χ4n) is 11.0. The van der Waals surface area contributed by atoms with Crippen molar-refractivity contribution < 1.29 is 0 Å². The molecule has 0 aromatic heterocycles. The lowest BCUT2D eigenvalue weighted by atomic mass is 9.33. The lowest BCUT2D eigenvalue weighted by Crippen LogP contribution is -2.62. The Labute approximate surface area is 384 Å². The molecule has 0 amide bonds. The van der Waals surface area contributed by atoms with Gasteiger partial charge in [-0.1, -0.05) is 36.4 Å². The largest absolute Gasteiger partial charge is 0.311 e. The van der Waals surface area contributed by atoms with E-state index in [0.29, 0.717) is 0 Å². The molecule has 7 aromatic carbocycles. The van der Waals surface area contributed by atoms with Crippen molar-refractivity contribution in [3.63, 3.8) is 0 Å². The maximum absolute atomic E-state index is 2.67. The van der Waals surface area contributed by atoms with Crippen LogP contribution in [0.1, 0.15) is 100 Å². The molecule has 0 saturated carbocycles. The van der Waals surface area contributed by atoms with E-state index in [-0.39, 0.29) is 6.71 Å². The normalized spacial score (nSPS) is 12.8. The third kappa shape index (κ3) is 6.15. The van der Waals surface area contributed by atoms with E-state index in [1.165, 1.54) is 162 Å². The van der Waals surface area contributed by atoms with Crippen LogP contribution in [0.2, 0.25) is 0 Å². The molecule has 0 unspecified atom stereocenters. The van der Waals surface area contributed by atoms with Crippen molar-refractivity contribution in [2.24, 2.45) is 0 Å². The van der Waals surface area contributed by atoms with E-state index in [1.54, 1.807) is 0 Å². The molecule has 64 heavy (non-hydrogen) atoms. The van der Waals surface area contributed by atoms with Gasteiger partial charge >= 0.3 is 0 Å². The molecule has 0 atom stereocenters. The van der Waals surface area contributed by atoms with E-state index in [0.717, 1.165) is 5.69 Å². The van der Waals surface area contributed by atoms with Crippen LogP contribution < -0.4 is 31.1 Å². The highest BCUT2D eigenvalue weighted by Gasteiger charge is 2.46. The van der Waals surface area contributed by atoms with E-state index in [9.17, 15) is 0 Å². The van der Waals surface area contributed by atoms with Gasteiger partial charge in [0, 0.05) is 45.5 Å².